The maximum atomic E-state index is 12.4. The van der Waals surface area contributed by atoms with Gasteiger partial charge in [-0.2, -0.15) is 0 Å². The monoisotopic (exact) mass is 330 g/mol. The Morgan fingerprint density at radius 2 is 2.17 bits per heavy atom. The summed E-state index contributed by atoms with van der Waals surface area (Å²) in [6.07, 6.45) is 1.31. The molecule has 6 nitrogen and oxygen atoms in total. The van der Waals surface area contributed by atoms with Gasteiger partial charge in [-0.3, -0.25) is 9.59 Å². The molecule has 2 amide bonds. The Labute approximate surface area is 138 Å². The van der Waals surface area contributed by atoms with Gasteiger partial charge in [-0.15, -0.1) is 10.2 Å². The van der Waals surface area contributed by atoms with Crippen LogP contribution in [0.2, 0.25) is 0 Å². The molecule has 1 atom stereocenters. The minimum atomic E-state index is -0.173. The second-order valence-corrected chi connectivity index (χ2v) is 6.52. The van der Waals surface area contributed by atoms with Crippen molar-refractivity contribution in [3.63, 3.8) is 0 Å². The van der Waals surface area contributed by atoms with Gasteiger partial charge in [0, 0.05) is 31.5 Å². The van der Waals surface area contributed by atoms with E-state index in [2.05, 4.69) is 28.5 Å². The average Bonchev–Trinajstić information content (AvgIpc) is 3.13. The maximum absolute atomic E-state index is 12.4. The van der Waals surface area contributed by atoms with Crippen LogP contribution in [0, 0.1) is 0 Å². The Balaban J connectivity index is 1.79. The predicted molar refractivity (Wildman–Crippen MR) is 89.7 cm³/mol. The minimum absolute atomic E-state index is 0.0208. The van der Waals surface area contributed by atoms with Crippen molar-refractivity contribution < 1.29 is 9.59 Å². The van der Waals surface area contributed by atoms with Crippen LogP contribution in [0.25, 0.3) is 0 Å². The Bertz CT molecular complexity index is 743. The second-order valence-electron chi connectivity index (χ2n) is 5.51. The maximum Gasteiger partial charge on any atom is 0.227 e. The molecule has 23 heavy (non-hydrogen) atoms. The van der Waals surface area contributed by atoms with Gasteiger partial charge >= 0.3 is 0 Å². The number of nitrogens with zero attached hydrogens (tertiary/aromatic N) is 3. The zero-order valence-corrected chi connectivity index (χ0v) is 13.9. The van der Waals surface area contributed by atoms with Crippen molar-refractivity contribution in [1.29, 1.82) is 0 Å². The highest BCUT2D eigenvalue weighted by atomic mass is 32.1. The SMILES string of the molecule is CCc1ccccc1N1C[C@@H](c2nnc(NC(C)=O)s2)CC1=O. The van der Waals surface area contributed by atoms with Crippen molar-refractivity contribution in [1.82, 2.24) is 10.2 Å². The first-order valence-electron chi connectivity index (χ1n) is 7.57. The highest BCUT2D eigenvalue weighted by Gasteiger charge is 2.34. The zero-order valence-electron chi connectivity index (χ0n) is 13.1. The normalized spacial score (nSPS) is 17.6. The lowest BCUT2D eigenvalue weighted by molar-refractivity contribution is -0.117. The van der Waals surface area contributed by atoms with Gasteiger partial charge in [0.25, 0.3) is 0 Å². The van der Waals surface area contributed by atoms with Crippen molar-refractivity contribution in [2.45, 2.75) is 32.6 Å². The van der Waals surface area contributed by atoms with Crippen molar-refractivity contribution in [3.8, 4) is 0 Å². The van der Waals surface area contributed by atoms with Crippen LogP contribution >= 0.6 is 11.3 Å². The van der Waals surface area contributed by atoms with Gasteiger partial charge in [0.05, 0.1) is 0 Å². The topological polar surface area (TPSA) is 75.2 Å². The number of amides is 2. The molecule has 1 aromatic carbocycles. The molecule has 1 N–H and O–H groups in total. The van der Waals surface area contributed by atoms with Gasteiger partial charge in [-0.05, 0) is 18.1 Å². The second kappa shape index (κ2) is 6.45. The van der Waals surface area contributed by atoms with Crippen LogP contribution in [0.3, 0.4) is 0 Å². The number of anilines is 2. The Morgan fingerprint density at radius 1 is 1.39 bits per heavy atom. The number of hydrogen-bond acceptors (Lipinski definition) is 5. The number of nitrogens with one attached hydrogen (secondary N) is 1. The molecule has 7 heteroatoms. The van der Waals surface area contributed by atoms with Crippen LogP contribution in [-0.2, 0) is 16.0 Å². The highest BCUT2D eigenvalue weighted by molar-refractivity contribution is 7.15. The summed E-state index contributed by atoms with van der Waals surface area (Å²) in [5.74, 6) is -0.0479. The van der Waals surface area contributed by atoms with Gasteiger partial charge in [-0.1, -0.05) is 36.5 Å². The number of rotatable bonds is 4. The summed E-state index contributed by atoms with van der Waals surface area (Å²) in [4.78, 5) is 25.3. The molecule has 0 radical (unpaired) electrons. The quantitative estimate of drug-likeness (QED) is 0.935. The van der Waals surface area contributed by atoms with Gasteiger partial charge in [-0.25, -0.2) is 0 Å². The number of carbonyl (C=O) groups is 2. The van der Waals surface area contributed by atoms with Gasteiger partial charge < -0.3 is 10.2 Å². The molecule has 1 aliphatic rings. The van der Waals surface area contributed by atoms with Crippen LogP contribution in [0.4, 0.5) is 10.8 Å². The van der Waals surface area contributed by atoms with Crippen LogP contribution in [0.1, 0.15) is 36.8 Å². The fourth-order valence-corrected chi connectivity index (χ4v) is 3.66. The molecule has 3 rings (SSSR count). The summed E-state index contributed by atoms with van der Waals surface area (Å²) >= 11 is 1.33. The third-order valence-electron chi connectivity index (χ3n) is 3.86. The van der Waals surface area contributed by atoms with Crippen LogP contribution in [0.5, 0.6) is 0 Å². The number of hydrogen-bond donors (Lipinski definition) is 1. The Morgan fingerprint density at radius 3 is 2.91 bits per heavy atom. The molecule has 1 saturated heterocycles. The molecular formula is C16H18N4O2S. The van der Waals surface area contributed by atoms with E-state index in [1.54, 1.807) is 0 Å². The first-order valence-corrected chi connectivity index (χ1v) is 8.39. The van der Waals surface area contributed by atoms with Crippen molar-refractivity contribution in [2.75, 3.05) is 16.8 Å². The van der Waals surface area contributed by atoms with E-state index in [0.29, 0.717) is 18.1 Å². The van der Waals surface area contributed by atoms with Crippen LogP contribution in [-0.4, -0.2) is 28.6 Å². The lowest BCUT2D eigenvalue weighted by Crippen LogP contribution is -2.25. The molecule has 0 bridgehead atoms. The summed E-state index contributed by atoms with van der Waals surface area (Å²) in [6.45, 7) is 4.12. The summed E-state index contributed by atoms with van der Waals surface area (Å²) in [6, 6.07) is 7.98. The number of para-hydroxylation sites is 1. The standard InChI is InChI=1S/C16H18N4O2S/c1-3-11-6-4-5-7-13(11)20-9-12(8-14(20)22)15-18-19-16(23-15)17-10(2)21/h4-7,12H,3,8-9H2,1-2H3,(H,17,19,21)/t12-/m0/s1. The molecule has 2 aromatic rings. The van der Waals surface area contributed by atoms with Crippen LogP contribution < -0.4 is 10.2 Å². The van der Waals surface area contributed by atoms with E-state index >= 15 is 0 Å². The van der Waals surface area contributed by atoms with E-state index < -0.39 is 0 Å². The average molecular weight is 330 g/mol. The molecule has 0 spiro atoms. The van der Waals surface area contributed by atoms with E-state index in [-0.39, 0.29) is 17.7 Å². The molecular weight excluding hydrogens is 312 g/mol. The van der Waals surface area contributed by atoms with E-state index in [0.717, 1.165) is 22.7 Å². The van der Waals surface area contributed by atoms with E-state index in [9.17, 15) is 9.59 Å². The molecule has 2 heterocycles. The third-order valence-corrected chi connectivity index (χ3v) is 4.86. The Kier molecular flexibility index (Phi) is 4.38. The molecule has 1 fully saturated rings. The van der Waals surface area contributed by atoms with Crippen molar-refractivity contribution in [2.24, 2.45) is 0 Å². The molecule has 0 saturated carbocycles. The van der Waals surface area contributed by atoms with E-state index in [4.69, 9.17) is 0 Å². The first-order chi connectivity index (χ1) is 11.1. The minimum Gasteiger partial charge on any atom is -0.311 e. The van der Waals surface area contributed by atoms with Crippen LogP contribution in [0.15, 0.2) is 24.3 Å². The van der Waals surface area contributed by atoms with Gasteiger partial charge in [0.2, 0.25) is 16.9 Å². The largest absolute Gasteiger partial charge is 0.311 e. The summed E-state index contributed by atoms with van der Waals surface area (Å²) in [7, 11) is 0. The van der Waals surface area contributed by atoms with Crippen molar-refractivity contribution >= 4 is 34.0 Å². The molecule has 1 aliphatic heterocycles. The molecule has 0 aliphatic carbocycles. The third kappa shape index (κ3) is 3.24. The lowest BCUT2D eigenvalue weighted by atomic mass is 10.1. The fraction of sp³-hybridized carbons (Fsp3) is 0.375. The molecule has 1 aromatic heterocycles. The summed E-state index contributed by atoms with van der Waals surface area (Å²) < 4.78 is 0. The summed E-state index contributed by atoms with van der Waals surface area (Å²) in [5, 5.41) is 12.0. The number of carbonyl (C=O) groups excluding carboxylic acids is 2. The fourth-order valence-electron chi connectivity index (χ4n) is 2.78. The molecule has 0 unspecified atom stereocenters. The predicted octanol–water partition coefficient (Wildman–Crippen LogP) is 2.58. The zero-order chi connectivity index (χ0) is 16.4. The highest BCUT2D eigenvalue weighted by Crippen LogP contribution is 2.35. The van der Waals surface area contributed by atoms with Gasteiger partial charge in [0.15, 0.2) is 0 Å². The summed E-state index contributed by atoms with van der Waals surface area (Å²) in [5.41, 5.74) is 2.15. The van der Waals surface area contributed by atoms with Crippen molar-refractivity contribution in [3.05, 3.63) is 34.8 Å². The lowest BCUT2D eigenvalue weighted by Gasteiger charge is -2.19. The first kappa shape index (κ1) is 15.6. The molecule has 120 valence electrons. The number of aromatic nitrogens is 2. The van der Waals surface area contributed by atoms with E-state index in [1.165, 1.54) is 18.3 Å². The smallest absolute Gasteiger partial charge is 0.227 e. The number of aryl methyl sites for hydroxylation is 1. The number of benzene rings is 1. The van der Waals surface area contributed by atoms with Gasteiger partial charge in [0.1, 0.15) is 5.01 Å². The van der Waals surface area contributed by atoms with E-state index in [1.807, 2.05) is 23.1 Å². The Hall–Kier alpha value is -2.28.